The van der Waals surface area contributed by atoms with E-state index in [4.69, 9.17) is 0 Å². The Morgan fingerprint density at radius 3 is 2.45 bits per heavy atom. The Morgan fingerprint density at radius 1 is 1.10 bits per heavy atom. The molecule has 0 unspecified atom stereocenters. The minimum atomic E-state index is -3.67. The average molecular weight is 443 g/mol. The molecule has 1 saturated heterocycles. The lowest BCUT2D eigenvalue weighted by Gasteiger charge is -2.36. The molecule has 0 spiro atoms. The van der Waals surface area contributed by atoms with E-state index in [2.05, 4.69) is 9.71 Å². The van der Waals surface area contributed by atoms with Crippen LogP contribution >= 0.6 is 0 Å². The van der Waals surface area contributed by atoms with Crippen LogP contribution in [0.3, 0.4) is 0 Å². The SMILES string of the molecule is C[C@H](N=C1NS(=O)(=O)c2ccccc21)C(=O)N1CCN(c2ccccc2[N+](=O)[O-])CC1. The summed E-state index contributed by atoms with van der Waals surface area (Å²) in [5, 5.41) is 11.3. The highest BCUT2D eigenvalue weighted by atomic mass is 32.2. The van der Waals surface area contributed by atoms with Gasteiger partial charge in [-0.25, -0.2) is 8.42 Å². The zero-order chi connectivity index (χ0) is 22.2. The highest BCUT2D eigenvalue weighted by Gasteiger charge is 2.32. The monoisotopic (exact) mass is 443 g/mol. The summed E-state index contributed by atoms with van der Waals surface area (Å²) in [5.41, 5.74) is 1.02. The summed E-state index contributed by atoms with van der Waals surface area (Å²) >= 11 is 0. The van der Waals surface area contributed by atoms with Gasteiger partial charge in [0, 0.05) is 37.8 Å². The Balaban J connectivity index is 1.45. The fourth-order valence-electron chi connectivity index (χ4n) is 3.80. The minimum Gasteiger partial charge on any atom is -0.362 e. The lowest BCUT2D eigenvalue weighted by molar-refractivity contribution is -0.384. The zero-order valence-electron chi connectivity index (χ0n) is 16.8. The van der Waals surface area contributed by atoms with Crippen molar-refractivity contribution in [3.05, 3.63) is 64.2 Å². The summed E-state index contributed by atoms with van der Waals surface area (Å²) in [6, 6.07) is 12.2. The maximum Gasteiger partial charge on any atom is 0.292 e. The number of carbonyl (C=O) groups excluding carboxylic acids is 1. The molecule has 0 aromatic heterocycles. The third-order valence-electron chi connectivity index (χ3n) is 5.35. The van der Waals surface area contributed by atoms with Crippen molar-refractivity contribution in [2.75, 3.05) is 31.1 Å². The lowest BCUT2D eigenvalue weighted by atomic mass is 10.2. The van der Waals surface area contributed by atoms with Crippen molar-refractivity contribution in [3.8, 4) is 0 Å². The maximum atomic E-state index is 12.9. The van der Waals surface area contributed by atoms with E-state index in [0.29, 0.717) is 37.4 Å². The standard InChI is InChI=1S/C20H21N5O5S/c1-14(21-19-15-6-2-5-9-18(15)31(29,30)22-19)20(26)24-12-10-23(11-13-24)16-7-3-4-8-17(16)25(27)28/h2-9,14H,10-13H2,1H3,(H,21,22)/t14-/m0/s1. The normalized spacial score (nSPS) is 19.6. The Bertz CT molecular complexity index is 1170. The molecule has 4 rings (SSSR count). The fraction of sp³-hybridized carbons (Fsp3) is 0.300. The second-order valence-electron chi connectivity index (χ2n) is 7.31. The van der Waals surface area contributed by atoms with Gasteiger partial charge in [-0.1, -0.05) is 24.3 Å². The lowest BCUT2D eigenvalue weighted by Crippen LogP contribution is -2.51. The number of hydrogen-bond donors (Lipinski definition) is 1. The van der Waals surface area contributed by atoms with E-state index >= 15 is 0 Å². The number of nitrogens with zero attached hydrogens (tertiary/aromatic N) is 4. The summed E-state index contributed by atoms with van der Waals surface area (Å²) in [4.78, 5) is 31.8. The Labute approximate surface area is 179 Å². The molecule has 10 nitrogen and oxygen atoms in total. The number of carbonyl (C=O) groups is 1. The van der Waals surface area contributed by atoms with Crippen molar-refractivity contribution in [2.45, 2.75) is 17.9 Å². The predicted octanol–water partition coefficient (Wildman–Crippen LogP) is 1.37. The average Bonchev–Trinajstić information content (AvgIpc) is 3.03. The van der Waals surface area contributed by atoms with Gasteiger partial charge in [-0.15, -0.1) is 0 Å². The van der Waals surface area contributed by atoms with E-state index < -0.39 is 21.0 Å². The number of para-hydroxylation sites is 2. The van der Waals surface area contributed by atoms with Gasteiger partial charge in [-0.2, -0.15) is 0 Å². The van der Waals surface area contributed by atoms with E-state index in [1.807, 2.05) is 4.90 Å². The topological polar surface area (TPSA) is 125 Å². The molecule has 162 valence electrons. The van der Waals surface area contributed by atoms with Gasteiger partial charge in [0.2, 0.25) is 5.91 Å². The third kappa shape index (κ3) is 3.96. The molecule has 31 heavy (non-hydrogen) atoms. The molecule has 1 amide bonds. The van der Waals surface area contributed by atoms with Gasteiger partial charge < -0.3 is 9.80 Å². The first-order valence-corrected chi connectivity index (χ1v) is 11.2. The molecular formula is C20H21N5O5S. The highest BCUT2D eigenvalue weighted by Crippen LogP contribution is 2.28. The molecule has 1 N–H and O–H groups in total. The van der Waals surface area contributed by atoms with Crippen LogP contribution in [-0.2, 0) is 14.8 Å². The Kier molecular flexibility index (Phi) is 5.36. The van der Waals surface area contributed by atoms with Crippen LogP contribution in [0.5, 0.6) is 0 Å². The van der Waals surface area contributed by atoms with E-state index in [9.17, 15) is 23.3 Å². The maximum absolute atomic E-state index is 12.9. The van der Waals surface area contributed by atoms with Crippen LogP contribution in [0.2, 0.25) is 0 Å². The number of amidine groups is 1. The smallest absolute Gasteiger partial charge is 0.292 e. The molecule has 0 radical (unpaired) electrons. The number of rotatable bonds is 4. The summed E-state index contributed by atoms with van der Waals surface area (Å²) in [7, 11) is -3.67. The van der Waals surface area contributed by atoms with E-state index in [-0.39, 0.29) is 22.3 Å². The first kappa shape index (κ1) is 20.8. The molecular weight excluding hydrogens is 422 g/mol. The predicted molar refractivity (Wildman–Crippen MR) is 115 cm³/mol. The van der Waals surface area contributed by atoms with Gasteiger partial charge in [0.15, 0.2) is 0 Å². The number of hydrogen-bond acceptors (Lipinski definition) is 7. The number of nitro benzene ring substituents is 1. The van der Waals surface area contributed by atoms with Gasteiger partial charge in [0.25, 0.3) is 15.7 Å². The number of benzene rings is 2. The van der Waals surface area contributed by atoms with Gasteiger partial charge in [0.05, 0.1) is 9.82 Å². The van der Waals surface area contributed by atoms with Crippen molar-refractivity contribution < 1.29 is 18.1 Å². The number of anilines is 1. The van der Waals surface area contributed by atoms with Crippen molar-refractivity contribution in [1.29, 1.82) is 0 Å². The molecule has 0 bridgehead atoms. The van der Waals surface area contributed by atoms with Crippen LogP contribution < -0.4 is 9.62 Å². The molecule has 2 aromatic rings. The van der Waals surface area contributed by atoms with Crippen LogP contribution in [0.1, 0.15) is 12.5 Å². The molecule has 2 aliphatic heterocycles. The number of nitrogens with one attached hydrogen (secondary N) is 1. The number of aliphatic imine (C=N–C) groups is 1. The van der Waals surface area contributed by atoms with Crippen molar-refractivity contribution in [2.24, 2.45) is 4.99 Å². The van der Waals surface area contributed by atoms with E-state index in [1.54, 1.807) is 48.2 Å². The van der Waals surface area contributed by atoms with Crippen molar-refractivity contribution >= 4 is 33.1 Å². The van der Waals surface area contributed by atoms with E-state index in [0.717, 1.165) is 0 Å². The van der Waals surface area contributed by atoms with Crippen LogP contribution in [0.4, 0.5) is 11.4 Å². The highest BCUT2D eigenvalue weighted by molar-refractivity contribution is 7.90. The number of nitro groups is 1. The van der Waals surface area contributed by atoms with E-state index in [1.165, 1.54) is 12.1 Å². The second-order valence-corrected chi connectivity index (χ2v) is 8.96. The number of amides is 1. The molecule has 2 aliphatic rings. The van der Waals surface area contributed by atoms with Crippen LogP contribution in [-0.4, -0.2) is 62.2 Å². The molecule has 0 aliphatic carbocycles. The zero-order valence-corrected chi connectivity index (χ0v) is 17.6. The Morgan fingerprint density at radius 2 is 1.74 bits per heavy atom. The van der Waals surface area contributed by atoms with Gasteiger partial charge in [-0.05, 0) is 25.1 Å². The summed E-state index contributed by atoms with van der Waals surface area (Å²) in [5.74, 6) is -0.0618. The molecule has 1 atom stereocenters. The molecule has 2 aromatic carbocycles. The summed E-state index contributed by atoms with van der Waals surface area (Å²) < 4.78 is 26.9. The minimum absolute atomic E-state index is 0.0363. The third-order valence-corrected chi connectivity index (χ3v) is 6.75. The fourth-order valence-corrected chi connectivity index (χ4v) is 5.04. The molecule has 2 heterocycles. The first-order chi connectivity index (χ1) is 14.8. The van der Waals surface area contributed by atoms with Crippen LogP contribution in [0.25, 0.3) is 0 Å². The molecule has 11 heteroatoms. The van der Waals surface area contributed by atoms with Crippen LogP contribution in [0, 0.1) is 10.1 Å². The van der Waals surface area contributed by atoms with Crippen LogP contribution in [0.15, 0.2) is 58.4 Å². The number of sulfonamides is 1. The largest absolute Gasteiger partial charge is 0.362 e. The number of piperazine rings is 1. The summed E-state index contributed by atoms with van der Waals surface area (Å²) in [6.45, 7) is 3.31. The summed E-state index contributed by atoms with van der Waals surface area (Å²) in [6.07, 6.45) is 0. The molecule has 0 saturated carbocycles. The quantitative estimate of drug-likeness (QED) is 0.562. The van der Waals surface area contributed by atoms with Crippen molar-refractivity contribution in [1.82, 2.24) is 9.62 Å². The van der Waals surface area contributed by atoms with Gasteiger partial charge >= 0.3 is 0 Å². The second kappa shape index (κ2) is 7.99. The van der Waals surface area contributed by atoms with Gasteiger partial charge in [0.1, 0.15) is 17.6 Å². The van der Waals surface area contributed by atoms with Gasteiger partial charge in [-0.3, -0.25) is 24.6 Å². The molecule has 1 fully saturated rings. The number of fused-ring (bicyclic) bond motifs is 1. The Hall–Kier alpha value is -3.47. The first-order valence-electron chi connectivity index (χ1n) is 9.75. The van der Waals surface area contributed by atoms with Crippen molar-refractivity contribution in [3.63, 3.8) is 0 Å².